The van der Waals surface area contributed by atoms with Gasteiger partial charge in [0.05, 0.1) is 0 Å². The van der Waals surface area contributed by atoms with Gasteiger partial charge in [0, 0.05) is 31.2 Å². The van der Waals surface area contributed by atoms with E-state index in [4.69, 9.17) is 9.26 Å². The Morgan fingerprint density at radius 2 is 2.15 bits per heavy atom. The van der Waals surface area contributed by atoms with Crippen molar-refractivity contribution in [2.75, 3.05) is 19.9 Å². The molecule has 1 aromatic heterocycles. The van der Waals surface area contributed by atoms with Crippen molar-refractivity contribution in [3.63, 3.8) is 0 Å². The first-order chi connectivity index (χ1) is 9.28. The molecule has 2 atom stereocenters. The average molecular weight is 301 g/mol. The van der Waals surface area contributed by atoms with Crippen LogP contribution in [0.2, 0.25) is 0 Å². The summed E-state index contributed by atoms with van der Waals surface area (Å²) in [6.07, 6.45) is -0.691. The summed E-state index contributed by atoms with van der Waals surface area (Å²) < 4.78 is 22.0. The molecule has 2 heterocycles. The molecule has 0 fully saturated rings. The normalized spacial score (nSPS) is 22.9. The highest BCUT2D eigenvalue weighted by atomic mass is 31.2. The molecular weight excluding hydrogens is 285 g/mol. The van der Waals surface area contributed by atoms with E-state index in [1.807, 2.05) is 0 Å². The summed E-state index contributed by atoms with van der Waals surface area (Å²) in [5.41, 5.74) is 0.231. The standard InChI is InChI=1S/C12H16NO6P/c1-20(2,17)18-6-8-10(15)11(16)12(19-8)7-3-4-9(14)13-5-7/h3-5,11-12,15-16H,6H2,1-2H3,(H,13,14)/t11?,12-/m0/s1. The SMILES string of the molecule is CP(C)(=O)OCC1=C(O)C(O)[C@H](c2ccc(=O)[nH]c2)O1. The molecule has 0 bridgehead atoms. The molecule has 1 aliphatic heterocycles. The van der Waals surface area contributed by atoms with Crippen LogP contribution in [0.15, 0.2) is 34.6 Å². The van der Waals surface area contributed by atoms with Crippen LogP contribution in [0.5, 0.6) is 0 Å². The monoisotopic (exact) mass is 301 g/mol. The largest absolute Gasteiger partial charge is 0.506 e. The lowest BCUT2D eigenvalue weighted by Gasteiger charge is -2.15. The first-order valence-corrected chi connectivity index (χ1v) is 8.45. The molecule has 0 aliphatic carbocycles. The van der Waals surface area contributed by atoms with E-state index in [1.165, 1.54) is 31.7 Å². The van der Waals surface area contributed by atoms with Crippen LogP contribution < -0.4 is 5.56 Å². The van der Waals surface area contributed by atoms with E-state index < -0.39 is 19.6 Å². The van der Waals surface area contributed by atoms with Gasteiger partial charge in [-0.15, -0.1) is 0 Å². The lowest BCUT2D eigenvalue weighted by atomic mass is 10.1. The van der Waals surface area contributed by atoms with E-state index in [1.54, 1.807) is 0 Å². The molecule has 2 rings (SSSR count). The molecule has 0 radical (unpaired) electrons. The maximum absolute atomic E-state index is 11.5. The van der Waals surface area contributed by atoms with Crippen LogP contribution in [0.1, 0.15) is 11.7 Å². The van der Waals surface area contributed by atoms with Gasteiger partial charge in [0.2, 0.25) is 5.56 Å². The van der Waals surface area contributed by atoms with Crippen LogP contribution in [0.4, 0.5) is 0 Å². The number of hydrogen-bond acceptors (Lipinski definition) is 6. The number of hydrogen-bond donors (Lipinski definition) is 3. The second-order valence-corrected chi connectivity index (χ2v) is 7.57. The van der Waals surface area contributed by atoms with Gasteiger partial charge in [-0.2, -0.15) is 0 Å². The first kappa shape index (κ1) is 14.8. The maximum Gasteiger partial charge on any atom is 0.247 e. The minimum atomic E-state index is -2.72. The number of aromatic nitrogens is 1. The first-order valence-electron chi connectivity index (χ1n) is 5.93. The number of aliphatic hydroxyl groups is 2. The van der Waals surface area contributed by atoms with Crippen molar-refractivity contribution in [3.8, 4) is 0 Å². The fourth-order valence-electron chi connectivity index (χ4n) is 1.76. The molecule has 110 valence electrons. The van der Waals surface area contributed by atoms with Crippen molar-refractivity contribution in [3.05, 3.63) is 45.8 Å². The summed E-state index contributed by atoms with van der Waals surface area (Å²) in [6, 6.07) is 2.79. The fraction of sp³-hybridized carbons (Fsp3) is 0.417. The zero-order chi connectivity index (χ0) is 14.9. The van der Waals surface area contributed by atoms with Gasteiger partial charge in [-0.1, -0.05) is 0 Å². The molecule has 1 aliphatic rings. The lowest BCUT2D eigenvalue weighted by molar-refractivity contribution is 0.0336. The van der Waals surface area contributed by atoms with Gasteiger partial charge < -0.3 is 24.5 Å². The number of aliphatic hydroxyl groups excluding tert-OH is 2. The number of H-pyrrole nitrogens is 1. The summed E-state index contributed by atoms with van der Waals surface area (Å²) in [7, 11) is -2.72. The minimum absolute atomic E-state index is 0.0395. The summed E-state index contributed by atoms with van der Waals surface area (Å²) in [6.45, 7) is 2.69. The van der Waals surface area contributed by atoms with Crippen LogP contribution >= 0.6 is 7.37 Å². The molecule has 20 heavy (non-hydrogen) atoms. The Morgan fingerprint density at radius 3 is 2.70 bits per heavy atom. The van der Waals surface area contributed by atoms with E-state index in [9.17, 15) is 19.6 Å². The number of nitrogens with one attached hydrogen (secondary N) is 1. The number of ether oxygens (including phenoxy) is 1. The van der Waals surface area contributed by atoms with Gasteiger partial charge in [-0.3, -0.25) is 9.36 Å². The summed E-state index contributed by atoms with van der Waals surface area (Å²) in [5.74, 6) is -0.313. The van der Waals surface area contributed by atoms with Crippen molar-refractivity contribution >= 4 is 7.37 Å². The third-order valence-corrected chi connectivity index (χ3v) is 3.52. The number of aromatic amines is 1. The summed E-state index contributed by atoms with van der Waals surface area (Å²) in [4.78, 5) is 13.5. The minimum Gasteiger partial charge on any atom is -0.506 e. The molecule has 7 nitrogen and oxygen atoms in total. The smallest absolute Gasteiger partial charge is 0.247 e. The van der Waals surface area contributed by atoms with Gasteiger partial charge in [-0.25, -0.2) is 0 Å². The molecule has 0 saturated carbocycles. The van der Waals surface area contributed by atoms with E-state index >= 15 is 0 Å². The Kier molecular flexibility index (Phi) is 4.04. The Bertz CT molecular complexity index is 611. The highest BCUT2D eigenvalue weighted by molar-refractivity contribution is 7.57. The molecule has 0 spiro atoms. The van der Waals surface area contributed by atoms with Gasteiger partial charge in [0.1, 0.15) is 6.61 Å². The average Bonchev–Trinajstić information content (AvgIpc) is 2.64. The molecule has 3 N–H and O–H groups in total. The van der Waals surface area contributed by atoms with Crippen LogP contribution in [-0.4, -0.2) is 41.2 Å². The second kappa shape index (κ2) is 5.44. The molecule has 0 amide bonds. The van der Waals surface area contributed by atoms with Gasteiger partial charge in [0.15, 0.2) is 31.1 Å². The van der Waals surface area contributed by atoms with E-state index in [-0.39, 0.29) is 23.7 Å². The Labute approximate surface area is 115 Å². The predicted octanol–water partition coefficient (Wildman–Crippen LogP) is 1.13. The van der Waals surface area contributed by atoms with Crippen molar-refractivity contribution in [2.45, 2.75) is 12.2 Å². The van der Waals surface area contributed by atoms with Crippen molar-refractivity contribution in [2.24, 2.45) is 0 Å². The zero-order valence-electron chi connectivity index (χ0n) is 11.1. The summed E-state index contributed by atoms with van der Waals surface area (Å²) >= 11 is 0. The number of pyridine rings is 1. The Morgan fingerprint density at radius 1 is 1.45 bits per heavy atom. The van der Waals surface area contributed by atoms with Crippen molar-refractivity contribution < 1.29 is 24.0 Å². The molecular formula is C12H16NO6P. The van der Waals surface area contributed by atoms with E-state index in [0.717, 1.165) is 0 Å². The molecule has 1 unspecified atom stereocenters. The zero-order valence-corrected chi connectivity index (χ0v) is 12.0. The second-order valence-electron chi connectivity index (χ2n) is 4.80. The third kappa shape index (κ3) is 3.30. The quantitative estimate of drug-likeness (QED) is 0.719. The molecule has 0 aromatic carbocycles. The lowest BCUT2D eigenvalue weighted by Crippen LogP contribution is -2.17. The van der Waals surface area contributed by atoms with Crippen LogP contribution in [0.3, 0.4) is 0 Å². The highest BCUT2D eigenvalue weighted by Gasteiger charge is 2.37. The van der Waals surface area contributed by atoms with Gasteiger partial charge in [-0.05, 0) is 6.07 Å². The van der Waals surface area contributed by atoms with Crippen LogP contribution in [-0.2, 0) is 13.8 Å². The predicted molar refractivity (Wildman–Crippen MR) is 72.0 cm³/mol. The number of rotatable bonds is 4. The van der Waals surface area contributed by atoms with Gasteiger partial charge in [0.25, 0.3) is 0 Å². The van der Waals surface area contributed by atoms with Crippen LogP contribution in [0, 0.1) is 0 Å². The summed E-state index contributed by atoms with van der Waals surface area (Å²) in [5, 5.41) is 19.7. The molecule has 8 heteroatoms. The van der Waals surface area contributed by atoms with E-state index in [2.05, 4.69) is 4.98 Å². The maximum atomic E-state index is 11.5. The third-order valence-electron chi connectivity index (χ3n) is 2.77. The Hall–Kier alpha value is -1.56. The topological polar surface area (TPSA) is 109 Å². The molecule has 1 aromatic rings. The van der Waals surface area contributed by atoms with E-state index in [0.29, 0.717) is 5.56 Å². The van der Waals surface area contributed by atoms with Crippen molar-refractivity contribution in [1.82, 2.24) is 4.98 Å². The highest BCUT2D eigenvalue weighted by Crippen LogP contribution is 2.40. The van der Waals surface area contributed by atoms with Crippen LogP contribution in [0.25, 0.3) is 0 Å². The molecule has 0 saturated heterocycles. The van der Waals surface area contributed by atoms with Gasteiger partial charge >= 0.3 is 0 Å². The Balaban J connectivity index is 2.13. The fourth-order valence-corrected chi connectivity index (χ4v) is 2.19. The van der Waals surface area contributed by atoms with Crippen molar-refractivity contribution in [1.29, 1.82) is 0 Å².